The van der Waals surface area contributed by atoms with Crippen LogP contribution in [-0.4, -0.2) is 0 Å². The van der Waals surface area contributed by atoms with Gasteiger partial charge in [-0.15, -0.1) is 0 Å². The maximum Gasteiger partial charge on any atom is -0.00977 e. The molecule has 0 aliphatic rings. The molecular weight excluding hydrogens is 132 g/mol. The zero-order valence-electron chi connectivity index (χ0n) is 7.38. The summed E-state index contributed by atoms with van der Waals surface area (Å²) in [6, 6.07) is 0. The second-order valence-corrected chi connectivity index (χ2v) is 2.25. The monoisotopic (exact) mass is 148 g/mol. The zero-order valence-corrected chi connectivity index (χ0v) is 7.38. The van der Waals surface area contributed by atoms with Crippen molar-refractivity contribution in [2.45, 2.75) is 20.3 Å². The average Bonchev–Trinajstić information content (AvgIpc) is 2.01. The number of hydrogen-bond acceptors (Lipinski definition) is 0. The molecule has 0 amide bonds. The quantitative estimate of drug-likeness (QED) is 0.422. The van der Waals surface area contributed by atoms with Crippen LogP contribution in [0.1, 0.15) is 20.3 Å². The molecule has 0 bridgehead atoms. The predicted molar refractivity (Wildman–Crippen MR) is 52.5 cm³/mol. The predicted octanol–water partition coefficient (Wildman–Crippen LogP) is 3.64. The summed E-state index contributed by atoms with van der Waals surface area (Å²) in [5, 5.41) is 0. The highest BCUT2D eigenvalue weighted by molar-refractivity contribution is 5.24. The van der Waals surface area contributed by atoms with Crippen molar-refractivity contribution in [3.05, 3.63) is 48.6 Å². The molecule has 0 N–H and O–H groups in total. The van der Waals surface area contributed by atoms with Crippen LogP contribution < -0.4 is 0 Å². The average molecular weight is 148 g/mol. The normalized spacial score (nSPS) is 13.1. The summed E-state index contributed by atoms with van der Waals surface area (Å²) in [4.78, 5) is 0. The van der Waals surface area contributed by atoms with E-state index in [0.29, 0.717) is 0 Å². The molecular formula is C11H16. The van der Waals surface area contributed by atoms with E-state index in [-0.39, 0.29) is 0 Å². The van der Waals surface area contributed by atoms with Crippen LogP contribution in [0.5, 0.6) is 0 Å². The first-order valence-electron chi connectivity index (χ1n) is 3.90. The van der Waals surface area contributed by atoms with Gasteiger partial charge < -0.3 is 0 Å². The van der Waals surface area contributed by atoms with Gasteiger partial charge in [0.2, 0.25) is 0 Å². The van der Waals surface area contributed by atoms with Gasteiger partial charge in [-0.2, -0.15) is 0 Å². The molecule has 0 aromatic heterocycles. The molecule has 0 radical (unpaired) electrons. The molecule has 11 heavy (non-hydrogen) atoms. The highest BCUT2D eigenvalue weighted by atomic mass is 13.9. The Labute approximate surface area is 69.6 Å². The molecule has 0 atom stereocenters. The van der Waals surface area contributed by atoms with Crippen molar-refractivity contribution >= 4 is 0 Å². The first kappa shape index (κ1) is 9.96. The van der Waals surface area contributed by atoms with Crippen molar-refractivity contribution < 1.29 is 0 Å². The van der Waals surface area contributed by atoms with Crippen LogP contribution in [0.3, 0.4) is 0 Å². The maximum atomic E-state index is 3.66. The lowest BCUT2D eigenvalue weighted by molar-refractivity contribution is 1.27. The second kappa shape index (κ2) is 7.07. The van der Waals surface area contributed by atoms with Gasteiger partial charge in [-0.1, -0.05) is 43.0 Å². The van der Waals surface area contributed by atoms with E-state index in [0.717, 1.165) is 6.42 Å². The summed E-state index contributed by atoms with van der Waals surface area (Å²) in [6.45, 7) is 7.71. The van der Waals surface area contributed by atoms with Gasteiger partial charge in [0.05, 0.1) is 0 Å². The largest absolute Gasteiger partial charge is 0.0991 e. The van der Waals surface area contributed by atoms with E-state index in [1.54, 1.807) is 0 Å². The highest BCUT2D eigenvalue weighted by Gasteiger charge is 1.84. The molecule has 0 rings (SSSR count). The van der Waals surface area contributed by atoms with E-state index in [9.17, 15) is 0 Å². The van der Waals surface area contributed by atoms with E-state index in [1.165, 1.54) is 5.57 Å². The Morgan fingerprint density at radius 1 is 1.27 bits per heavy atom. The lowest BCUT2D eigenvalue weighted by Crippen LogP contribution is -1.73. The number of hydrogen-bond donors (Lipinski definition) is 0. The minimum atomic E-state index is 0.993. The molecule has 0 fully saturated rings. The topological polar surface area (TPSA) is 0 Å². The summed E-state index contributed by atoms with van der Waals surface area (Å²) in [7, 11) is 0. The number of allylic oxidation sites excluding steroid dienone is 7. The van der Waals surface area contributed by atoms with Crippen molar-refractivity contribution in [2.75, 3.05) is 0 Å². The zero-order chi connectivity index (χ0) is 8.53. The fourth-order valence-corrected chi connectivity index (χ4v) is 0.811. The molecule has 0 nitrogen and oxygen atoms in total. The Kier molecular flexibility index (Phi) is 6.40. The van der Waals surface area contributed by atoms with Gasteiger partial charge in [0, 0.05) is 0 Å². The number of rotatable bonds is 4. The fraction of sp³-hybridized carbons (Fsp3) is 0.273. The van der Waals surface area contributed by atoms with Crippen LogP contribution in [0.2, 0.25) is 0 Å². The molecule has 0 heteroatoms. The second-order valence-electron chi connectivity index (χ2n) is 2.25. The molecule has 0 heterocycles. The fourth-order valence-electron chi connectivity index (χ4n) is 0.811. The lowest BCUT2D eigenvalue weighted by Gasteiger charge is -1.93. The Bertz CT molecular complexity index is 180. The molecule has 0 saturated heterocycles. The SMILES string of the molecule is C=C/C=C(\C=C/C)C/C=C\C. The van der Waals surface area contributed by atoms with Gasteiger partial charge in [0.15, 0.2) is 0 Å². The van der Waals surface area contributed by atoms with E-state index < -0.39 is 0 Å². The first-order valence-corrected chi connectivity index (χ1v) is 3.90. The van der Waals surface area contributed by atoms with E-state index in [4.69, 9.17) is 0 Å². The Balaban J connectivity index is 4.10. The molecule has 0 aromatic rings. The van der Waals surface area contributed by atoms with Crippen LogP contribution in [-0.2, 0) is 0 Å². The molecule has 0 saturated carbocycles. The molecule has 0 spiro atoms. The van der Waals surface area contributed by atoms with Crippen molar-refractivity contribution in [2.24, 2.45) is 0 Å². The minimum absolute atomic E-state index is 0.993. The standard InChI is InChI=1S/C11H16/c1-4-7-10-11(8-5-2)9-6-3/h4-9H,2,10H2,1,3H3/b7-4-,9-6-,11-8+. The summed E-state index contributed by atoms with van der Waals surface area (Å²) in [5.74, 6) is 0. The lowest BCUT2D eigenvalue weighted by atomic mass is 10.1. The van der Waals surface area contributed by atoms with Gasteiger partial charge in [0.1, 0.15) is 0 Å². The maximum absolute atomic E-state index is 3.66. The molecule has 0 unspecified atom stereocenters. The van der Waals surface area contributed by atoms with E-state index in [2.05, 4.69) is 24.8 Å². The minimum Gasteiger partial charge on any atom is -0.0991 e. The smallest absolute Gasteiger partial charge is 0.00977 e. The van der Waals surface area contributed by atoms with Gasteiger partial charge >= 0.3 is 0 Å². The molecule has 0 aliphatic carbocycles. The van der Waals surface area contributed by atoms with Crippen molar-refractivity contribution in [1.82, 2.24) is 0 Å². The summed E-state index contributed by atoms with van der Waals surface area (Å²) in [5.41, 5.74) is 1.29. The van der Waals surface area contributed by atoms with Gasteiger partial charge in [-0.25, -0.2) is 0 Å². The van der Waals surface area contributed by atoms with Crippen LogP contribution >= 0.6 is 0 Å². The van der Waals surface area contributed by atoms with E-state index >= 15 is 0 Å². The molecule has 0 aromatic carbocycles. The van der Waals surface area contributed by atoms with Gasteiger partial charge in [0.25, 0.3) is 0 Å². The van der Waals surface area contributed by atoms with E-state index in [1.807, 2.05) is 32.1 Å². The van der Waals surface area contributed by atoms with Gasteiger partial charge in [-0.3, -0.25) is 0 Å². The van der Waals surface area contributed by atoms with Crippen LogP contribution in [0.15, 0.2) is 48.6 Å². The van der Waals surface area contributed by atoms with Crippen LogP contribution in [0.25, 0.3) is 0 Å². The summed E-state index contributed by atoms with van der Waals surface area (Å²) in [6.07, 6.45) is 13.2. The molecule has 60 valence electrons. The van der Waals surface area contributed by atoms with Gasteiger partial charge in [-0.05, 0) is 25.8 Å². The third-order valence-corrected chi connectivity index (χ3v) is 1.30. The van der Waals surface area contributed by atoms with Crippen molar-refractivity contribution in [1.29, 1.82) is 0 Å². The Hall–Kier alpha value is -1.04. The highest BCUT2D eigenvalue weighted by Crippen LogP contribution is 2.04. The summed E-state index contributed by atoms with van der Waals surface area (Å²) >= 11 is 0. The Morgan fingerprint density at radius 3 is 2.45 bits per heavy atom. The van der Waals surface area contributed by atoms with Crippen molar-refractivity contribution in [3.8, 4) is 0 Å². The third-order valence-electron chi connectivity index (χ3n) is 1.30. The summed E-state index contributed by atoms with van der Waals surface area (Å²) < 4.78 is 0. The van der Waals surface area contributed by atoms with Crippen LogP contribution in [0.4, 0.5) is 0 Å². The molecule has 0 aliphatic heterocycles. The third kappa shape index (κ3) is 5.41. The first-order chi connectivity index (χ1) is 5.35. The Morgan fingerprint density at radius 2 is 2.00 bits per heavy atom. The van der Waals surface area contributed by atoms with Crippen LogP contribution in [0, 0.1) is 0 Å². The van der Waals surface area contributed by atoms with Crippen molar-refractivity contribution in [3.63, 3.8) is 0 Å².